The van der Waals surface area contributed by atoms with E-state index in [0.717, 1.165) is 5.69 Å². The quantitative estimate of drug-likeness (QED) is 0.601. The second-order valence-electron chi connectivity index (χ2n) is 4.58. The van der Waals surface area contributed by atoms with E-state index in [4.69, 9.17) is 12.2 Å². The molecule has 0 bridgehead atoms. The van der Waals surface area contributed by atoms with Gasteiger partial charge in [0.25, 0.3) is 0 Å². The number of anilines is 1. The molecule has 1 unspecified atom stereocenters. The standard InChI is InChI=1S/C11H11FN2O2S2/c12-7-1-3-8(4-2-7)14-10-6-18(15,16)5-9(10)13-11(14)17/h1-4,9-10H,5-6H2,(H-,13,15,16,17)/p+1/t9-,10-/m1/s1. The van der Waals surface area contributed by atoms with Crippen molar-refractivity contribution in [3.8, 4) is 0 Å². The Morgan fingerprint density at radius 2 is 2.06 bits per heavy atom. The molecule has 3 atom stereocenters. The molecule has 3 rings (SSSR count). The van der Waals surface area contributed by atoms with E-state index in [1.54, 1.807) is 12.1 Å². The number of fused-ring (bicyclic) bond motifs is 1. The fourth-order valence-electron chi connectivity index (χ4n) is 2.52. The molecule has 0 radical (unpaired) electrons. The van der Waals surface area contributed by atoms with Crippen LogP contribution < -0.4 is 10.2 Å². The topological polar surface area (TPSA) is 52.6 Å². The third-order valence-corrected chi connectivity index (χ3v) is 5.36. The zero-order valence-corrected chi connectivity index (χ0v) is 11.0. The van der Waals surface area contributed by atoms with Crippen LogP contribution in [0.4, 0.5) is 10.1 Å². The summed E-state index contributed by atoms with van der Waals surface area (Å²) < 4.78 is 34.3. The first-order valence-electron chi connectivity index (χ1n) is 5.53. The highest BCUT2D eigenvalue weighted by Crippen LogP contribution is 2.31. The van der Waals surface area contributed by atoms with E-state index >= 15 is 0 Å². The summed E-state index contributed by atoms with van der Waals surface area (Å²) >= 11 is 5.23. The van der Waals surface area contributed by atoms with Gasteiger partial charge in [0.1, 0.15) is 17.9 Å². The van der Waals surface area contributed by atoms with E-state index in [9.17, 15) is 13.2 Å². The molecule has 2 N–H and O–H groups in total. The van der Waals surface area contributed by atoms with Gasteiger partial charge in [0.05, 0.1) is 0 Å². The number of rotatable bonds is 1. The van der Waals surface area contributed by atoms with Crippen molar-refractivity contribution in [1.29, 1.82) is 0 Å². The fraction of sp³-hybridized carbons (Fsp3) is 0.364. The first-order valence-corrected chi connectivity index (χ1v) is 7.80. The molecular weight excluding hydrogens is 275 g/mol. The van der Waals surface area contributed by atoms with Gasteiger partial charge in [-0.25, -0.2) is 4.39 Å². The minimum Gasteiger partial charge on any atom is -0.352 e. The highest BCUT2D eigenvalue weighted by molar-refractivity contribution is 7.98. The highest BCUT2D eigenvalue weighted by atomic mass is 32.3. The second kappa shape index (κ2) is 3.97. The van der Waals surface area contributed by atoms with E-state index in [1.807, 2.05) is 4.90 Å². The van der Waals surface area contributed by atoms with Crippen molar-refractivity contribution >= 4 is 33.2 Å². The van der Waals surface area contributed by atoms with Gasteiger partial charge in [0, 0.05) is 5.69 Å². The predicted molar refractivity (Wildman–Crippen MR) is 72.6 cm³/mol. The van der Waals surface area contributed by atoms with Crippen LogP contribution in [0.3, 0.4) is 0 Å². The van der Waals surface area contributed by atoms with Gasteiger partial charge in [-0.2, -0.15) is 4.55 Å². The van der Waals surface area contributed by atoms with Crippen LogP contribution >= 0.6 is 12.2 Å². The Labute approximate surface area is 110 Å². The summed E-state index contributed by atoms with van der Waals surface area (Å²) in [6.07, 6.45) is 0. The lowest BCUT2D eigenvalue weighted by Crippen LogP contribution is -2.37. The summed E-state index contributed by atoms with van der Waals surface area (Å²) in [6, 6.07) is 5.75. The minimum absolute atomic E-state index is 0.0972. The van der Waals surface area contributed by atoms with Gasteiger partial charge in [-0.15, -0.1) is 0 Å². The molecule has 96 valence electrons. The van der Waals surface area contributed by atoms with Crippen LogP contribution in [0.1, 0.15) is 0 Å². The minimum atomic E-state index is -2.77. The van der Waals surface area contributed by atoms with Crippen LogP contribution in [0, 0.1) is 5.82 Å². The third-order valence-electron chi connectivity index (χ3n) is 3.30. The largest absolute Gasteiger partial charge is 0.352 e. The summed E-state index contributed by atoms with van der Waals surface area (Å²) in [5, 5.41) is 3.59. The lowest BCUT2D eigenvalue weighted by Gasteiger charge is -2.21. The SMILES string of the molecule is O=[S+]1(O)C[C@@H]2[C@@H](C1)NC(=S)N2c1ccc(F)cc1. The molecule has 0 aliphatic carbocycles. The average Bonchev–Trinajstić information content (AvgIpc) is 2.70. The van der Waals surface area contributed by atoms with Crippen molar-refractivity contribution in [3.05, 3.63) is 30.1 Å². The van der Waals surface area contributed by atoms with Crippen LogP contribution in [0.15, 0.2) is 24.3 Å². The molecule has 0 amide bonds. The first-order chi connectivity index (χ1) is 8.46. The number of thiocarbonyl (C=S) groups is 1. The van der Waals surface area contributed by atoms with E-state index in [-0.39, 0.29) is 29.4 Å². The lowest BCUT2D eigenvalue weighted by molar-refractivity contribution is 0.502. The number of hydrogen-bond donors (Lipinski definition) is 2. The summed E-state index contributed by atoms with van der Waals surface area (Å²) in [6.45, 7) is 0. The zero-order valence-electron chi connectivity index (χ0n) is 9.38. The third kappa shape index (κ3) is 1.92. The van der Waals surface area contributed by atoms with Crippen molar-refractivity contribution in [2.75, 3.05) is 16.4 Å². The van der Waals surface area contributed by atoms with E-state index in [2.05, 4.69) is 5.32 Å². The monoisotopic (exact) mass is 287 g/mol. The molecule has 18 heavy (non-hydrogen) atoms. The maximum absolute atomic E-state index is 12.9. The van der Waals surface area contributed by atoms with Crippen LogP contribution in [0.5, 0.6) is 0 Å². The molecule has 1 aromatic rings. The van der Waals surface area contributed by atoms with E-state index in [1.165, 1.54) is 12.1 Å². The molecule has 0 saturated carbocycles. The Morgan fingerprint density at radius 3 is 2.72 bits per heavy atom. The summed E-state index contributed by atoms with van der Waals surface area (Å²) in [5.74, 6) is 0.100. The van der Waals surface area contributed by atoms with Crippen molar-refractivity contribution in [1.82, 2.24) is 5.32 Å². The average molecular weight is 287 g/mol. The Kier molecular flexibility index (Phi) is 2.65. The lowest BCUT2D eigenvalue weighted by atomic mass is 10.1. The number of benzene rings is 1. The maximum Gasteiger partial charge on any atom is 0.218 e. The smallest absolute Gasteiger partial charge is 0.218 e. The van der Waals surface area contributed by atoms with Crippen LogP contribution in [-0.2, 0) is 14.4 Å². The molecule has 0 spiro atoms. The molecule has 7 heteroatoms. The highest BCUT2D eigenvalue weighted by Gasteiger charge is 2.54. The van der Waals surface area contributed by atoms with Gasteiger partial charge in [-0.3, -0.25) is 0 Å². The molecule has 1 aromatic carbocycles. The Hall–Kier alpha value is -1.05. The van der Waals surface area contributed by atoms with Gasteiger partial charge in [0.15, 0.2) is 16.6 Å². The van der Waals surface area contributed by atoms with Crippen LogP contribution in [-0.4, -0.2) is 33.3 Å². The second-order valence-corrected chi connectivity index (χ2v) is 7.17. The molecule has 2 heterocycles. The molecular formula is C11H12FN2O2S2+. The predicted octanol–water partition coefficient (Wildman–Crippen LogP) is 1.24. The van der Waals surface area contributed by atoms with Gasteiger partial charge in [0.2, 0.25) is 10.2 Å². The molecule has 2 aliphatic heterocycles. The normalized spacial score (nSPS) is 34.6. The zero-order chi connectivity index (χ0) is 12.9. The summed E-state index contributed by atoms with van der Waals surface area (Å²) in [7, 11) is -2.77. The molecule has 4 nitrogen and oxygen atoms in total. The molecule has 2 fully saturated rings. The first kappa shape index (κ1) is 12.0. The Morgan fingerprint density at radius 1 is 1.39 bits per heavy atom. The molecule has 2 saturated heterocycles. The van der Waals surface area contributed by atoms with Gasteiger partial charge in [-0.05, 0) is 36.5 Å². The Bertz CT molecular complexity index is 548. The number of hydrogen-bond acceptors (Lipinski definition) is 2. The molecule has 0 aromatic heterocycles. The van der Waals surface area contributed by atoms with Gasteiger partial charge < -0.3 is 10.2 Å². The molecule has 2 aliphatic rings. The van der Waals surface area contributed by atoms with Crippen molar-refractivity contribution in [2.24, 2.45) is 0 Å². The van der Waals surface area contributed by atoms with Gasteiger partial charge >= 0.3 is 0 Å². The summed E-state index contributed by atoms with van der Waals surface area (Å²) in [4.78, 5) is 1.81. The number of halogens is 1. The van der Waals surface area contributed by atoms with Crippen molar-refractivity contribution in [3.63, 3.8) is 0 Å². The van der Waals surface area contributed by atoms with Crippen LogP contribution in [0.2, 0.25) is 0 Å². The number of nitrogens with zero attached hydrogens (tertiary/aromatic N) is 1. The van der Waals surface area contributed by atoms with Crippen molar-refractivity contribution in [2.45, 2.75) is 12.1 Å². The van der Waals surface area contributed by atoms with E-state index < -0.39 is 10.2 Å². The van der Waals surface area contributed by atoms with Crippen molar-refractivity contribution < 1.29 is 13.2 Å². The maximum atomic E-state index is 12.9. The van der Waals surface area contributed by atoms with E-state index in [0.29, 0.717) is 5.11 Å². The Balaban J connectivity index is 1.94. The fourth-order valence-corrected chi connectivity index (χ4v) is 4.83. The van der Waals surface area contributed by atoms with Crippen LogP contribution in [0.25, 0.3) is 0 Å². The van der Waals surface area contributed by atoms with Gasteiger partial charge in [-0.1, -0.05) is 4.21 Å². The number of nitrogens with one attached hydrogen (secondary N) is 1. The summed E-state index contributed by atoms with van der Waals surface area (Å²) in [5.41, 5.74) is 0.749.